The molecule has 2 rings (SSSR count). The fraction of sp³-hybridized carbons (Fsp3) is 0.788. The van der Waals surface area contributed by atoms with E-state index in [1.54, 1.807) is 21.3 Å². The van der Waals surface area contributed by atoms with Crippen LogP contribution in [-0.4, -0.2) is 92.9 Å². The highest BCUT2D eigenvalue weighted by molar-refractivity contribution is 7.98. The summed E-state index contributed by atoms with van der Waals surface area (Å²) < 4.78 is 6.91. The van der Waals surface area contributed by atoms with Crippen LogP contribution in [0.1, 0.15) is 91.5 Å². The van der Waals surface area contributed by atoms with Gasteiger partial charge < -0.3 is 30.7 Å². The fourth-order valence-electron chi connectivity index (χ4n) is 5.85. The summed E-state index contributed by atoms with van der Waals surface area (Å²) in [5.41, 5.74) is 0.773. The Morgan fingerprint density at radius 3 is 2.37 bits per heavy atom. The number of carbonyl (C=O) groups excluding carboxylic acids is 4. The van der Waals surface area contributed by atoms with Crippen molar-refractivity contribution < 1.29 is 29.0 Å². The van der Waals surface area contributed by atoms with E-state index in [-0.39, 0.29) is 30.9 Å². The van der Waals surface area contributed by atoms with Crippen molar-refractivity contribution in [2.75, 3.05) is 25.1 Å². The zero-order valence-corrected chi connectivity index (χ0v) is 30.2. The lowest BCUT2D eigenvalue weighted by molar-refractivity contribution is -0.143. The van der Waals surface area contributed by atoms with Crippen molar-refractivity contribution in [3.05, 3.63) is 17.5 Å². The van der Waals surface area contributed by atoms with Crippen molar-refractivity contribution in [2.45, 2.75) is 125 Å². The summed E-state index contributed by atoms with van der Waals surface area (Å²) in [6.07, 6.45) is 2.98. The molecular weight excluding hydrogens is 608 g/mol. The molecule has 0 radical (unpaired) electrons. The van der Waals surface area contributed by atoms with Gasteiger partial charge in [-0.05, 0) is 75.9 Å². The first-order valence-electron chi connectivity index (χ1n) is 16.6. The Labute approximate surface area is 279 Å². The van der Waals surface area contributed by atoms with Gasteiger partial charge in [0, 0.05) is 18.8 Å². The van der Waals surface area contributed by atoms with Crippen LogP contribution in [0.5, 0.6) is 0 Å². The molecule has 1 fully saturated rings. The van der Waals surface area contributed by atoms with Crippen LogP contribution in [0.2, 0.25) is 0 Å². The molecule has 1 saturated heterocycles. The zero-order valence-electron chi connectivity index (χ0n) is 29.4. The lowest BCUT2D eigenvalue weighted by Crippen LogP contribution is -2.54. The second-order valence-corrected chi connectivity index (χ2v) is 14.7. The molecule has 13 heteroatoms. The molecule has 1 aliphatic rings. The second kappa shape index (κ2) is 18.5. The monoisotopic (exact) mass is 666 g/mol. The van der Waals surface area contributed by atoms with E-state index in [1.807, 2.05) is 67.7 Å². The average Bonchev–Trinajstić information content (AvgIpc) is 3.46. The lowest BCUT2D eigenvalue weighted by atomic mass is 9.80. The molecule has 46 heavy (non-hydrogen) atoms. The third-order valence-corrected chi connectivity index (χ3v) is 9.07. The van der Waals surface area contributed by atoms with Gasteiger partial charge in [0.05, 0.1) is 23.3 Å². The maximum absolute atomic E-state index is 13.8. The van der Waals surface area contributed by atoms with Crippen molar-refractivity contribution in [2.24, 2.45) is 17.3 Å². The molecule has 4 amide bonds. The minimum absolute atomic E-state index is 0.0841. The number of carbonyl (C=O) groups is 4. The number of aliphatic hydroxyl groups is 1. The number of rotatable bonds is 19. The normalized spacial score (nSPS) is 19.2. The van der Waals surface area contributed by atoms with Crippen LogP contribution in [0.15, 0.2) is 6.07 Å². The van der Waals surface area contributed by atoms with E-state index in [4.69, 9.17) is 4.74 Å². The summed E-state index contributed by atoms with van der Waals surface area (Å²) in [6, 6.07) is -0.191. The smallest absolute Gasteiger partial charge is 0.409 e. The quantitative estimate of drug-likeness (QED) is 0.174. The van der Waals surface area contributed by atoms with Crippen molar-refractivity contribution in [3.63, 3.8) is 0 Å². The number of aliphatic hydroxyl groups excluding tert-OH is 1. The molecule has 2 heterocycles. The van der Waals surface area contributed by atoms with E-state index in [0.29, 0.717) is 50.4 Å². The highest BCUT2D eigenvalue weighted by Crippen LogP contribution is 2.38. The number of aromatic nitrogens is 2. The van der Waals surface area contributed by atoms with E-state index in [0.717, 1.165) is 17.8 Å². The molecule has 0 saturated carbocycles. The van der Waals surface area contributed by atoms with Gasteiger partial charge in [0.15, 0.2) is 6.73 Å². The summed E-state index contributed by atoms with van der Waals surface area (Å²) >= 11 is 1.55. The van der Waals surface area contributed by atoms with Crippen LogP contribution in [0, 0.1) is 31.1 Å². The number of hydrogen-bond acceptors (Lipinski definition) is 8. The maximum Gasteiger partial charge on any atom is 0.409 e. The van der Waals surface area contributed by atoms with E-state index < -0.39 is 41.6 Å². The molecule has 0 aromatic carbocycles. The Morgan fingerprint density at radius 2 is 1.80 bits per heavy atom. The number of hydrogen-bond donors (Lipinski definition) is 4. The molecule has 1 aromatic heterocycles. The van der Waals surface area contributed by atoms with Gasteiger partial charge in [-0.2, -0.15) is 16.9 Å². The number of ether oxygens (including phenoxy) is 1. The summed E-state index contributed by atoms with van der Waals surface area (Å²) in [5.74, 6) is 0.354. The average molecular weight is 667 g/mol. The van der Waals surface area contributed by atoms with Crippen molar-refractivity contribution >= 4 is 35.6 Å². The third kappa shape index (κ3) is 11.8. The first-order valence-corrected chi connectivity index (χ1v) is 18.0. The van der Waals surface area contributed by atoms with E-state index in [2.05, 4.69) is 21.0 Å². The maximum atomic E-state index is 13.8. The number of thioether (sulfide) groups is 1. The molecule has 1 aromatic rings. The standard InChI is InChI=1S/C33H58N6O6S/c1-10-11-27(30(42)34-19-22(4)5)38-14-13-33(8,31(38)43)18-28(40)26(16-21(2)3)35-29(41)25(12-15-46-9)36-32(44)45-20-39-24(7)17-23(6)37-39/h17,21-22,25-28,40H,10-16,18-20H2,1-9H3,(H,34,42)(H,35,41)(H,36,44)/t25-,26-,27-,28-,33-/m0/s1. The number of aryl methyl sites for hydroxylation is 2. The molecule has 1 aliphatic heterocycles. The highest BCUT2D eigenvalue weighted by Gasteiger charge is 2.48. The molecule has 262 valence electrons. The molecule has 0 bridgehead atoms. The van der Waals surface area contributed by atoms with Crippen molar-refractivity contribution in [1.29, 1.82) is 0 Å². The highest BCUT2D eigenvalue weighted by atomic mass is 32.2. The van der Waals surface area contributed by atoms with E-state index >= 15 is 0 Å². The number of nitrogens with zero attached hydrogens (tertiary/aromatic N) is 3. The van der Waals surface area contributed by atoms with Gasteiger partial charge in [-0.25, -0.2) is 9.48 Å². The summed E-state index contributed by atoms with van der Waals surface area (Å²) in [7, 11) is 0. The lowest BCUT2D eigenvalue weighted by Gasteiger charge is -2.33. The number of amides is 4. The largest absolute Gasteiger partial charge is 0.426 e. The Balaban J connectivity index is 2.12. The van der Waals surface area contributed by atoms with Crippen LogP contribution in [0.3, 0.4) is 0 Å². The first kappa shape index (κ1) is 39.4. The molecule has 0 spiro atoms. The van der Waals surface area contributed by atoms with Gasteiger partial charge in [0.2, 0.25) is 17.7 Å². The Morgan fingerprint density at radius 1 is 1.11 bits per heavy atom. The third-order valence-electron chi connectivity index (χ3n) is 8.42. The van der Waals surface area contributed by atoms with Crippen LogP contribution in [0.25, 0.3) is 0 Å². The van der Waals surface area contributed by atoms with Crippen LogP contribution in [0.4, 0.5) is 4.79 Å². The van der Waals surface area contributed by atoms with Gasteiger partial charge in [-0.15, -0.1) is 0 Å². The molecule has 4 N–H and O–H groups in total. The SMILES string of the molecule is CCC[C@@H](C(=O)NCC(C)C)N1CC[C@@](C)(C[C@H](O)[C@H](CC(C)C)NC(=O)[C@H](CCSC)NC(=O)OCn2nc(C)cc2C)C1=O. The van der Waals surface area contributed by atoms with Crippen LogP contribution >= 0.6 is 11.8 Å². The number of likely N-dealkylation sites (tertiary alicyclic amines) is 1. The van der Waals surface area contributed by atoms with E-state index in [9.17, 15) is 24.3 Å². The Hall–Kier alpha value is -2.80. The van der Waals surface area contributed by atoms with Crippen LogP contribution < -0.4 is 16.0 Å². The minimum atomic E-state index is -1.01. The van der Waals surface area contributed by atoms with Gasteiger partial charge in [0.25, 0.3) is 0 Å². The number of nitrogens with one attached hydrogen (secondary N) is 3. The topological polar surface area (TPSA) is 155 Å². The second-order valence-electron chi connectivity index (χ2n) is 13.7. The minimum Gasteiger partial charge on any atom is -0.426 e. The van der Waals surface area contributed by atoms with Crippen molar-refractivity contribution in [1.82, 2.24) is 30.6 Å². The van der Waals surface area contributed by atoms with Gasteiger partial charge in [-0.3, -0.25) is 14.4 Å². The number of alkyl carbamates (subject to hydrolysis) is 1. The zero-order chi connectivity index (χ0) is 34.6. The molecule has 12 nitrogen and oxygen atoms in total. The summed E-state index contributed by atoms with van der Waals surface area (Å²) in [4.78, 5) is 54.8. The van der Waals surface area contributed by atoms with Gasteiger partial charge >= 0.3 is 6.09 Å². The first-order chi connectivity index (χ1) is 21.6. The molecule has 5 atom stereocenters. The van der Waals surface area contributed by atoms with Crippen molar-refractivity contribution in [3.8, 4) is 0 Å². The van der Waals surface area contributed by atoms with E-state index in [1.165, 1.54) is 0 Å². The fourth-order valence-corrected chi connectivity index (χ4v) is 6.33. The predicted molar refractivity (Wildman–Crippen MR) is 181 cm³/mol. The van der Waals surface area contributed by atoms with Crippen LogP contribution in [-0.2, 0) is 25.9 Å². The Bertz CT molecular complexity index is 1160. The molecule has 0 unspecified atom stereocenters. The van der Waals surface area contributed by atoms with Gasteiger partial charge in [-0.1, -0.05) is 48.0 Å². The summed E-state index contributed by atoms with van der Waals surface area (Å²) in [6.45, 7) is 16.5. The van der Waals surface area contributed by atoms with Gasteiger partial charge in [0.1, 0.15) is 12.1 Å². The Kier molecular flexibility index (Phi) is 15.9. The predicted octanol–water partition coefficient (Wildman–Crippen LogP) is 3.77. The molecular formula is C33H58N6O6S. The summed E-state index contributed by atoms with van der Waals surface area (Å²) in [5, 5.41) is 24.4. The molecule has 0 aliphatic carbocycles.